The Morgan fingerprint density at radius 1 is 1.05 bits per heavy atom. The molecule has 2 rings (SSSR count). The summed E-state index contributed by atoms with van der Waals surface area (Å²) >= 11 is 0. The Labute approximate surface area is 124 Å². The molecule has 110 valence electrons. The van der Waals surface area contributed by atoms with E-state index < -0.39 is 12.0 Å². The lowest BCUT2D eigenvalue weighted by Gasteiger charge is -2.24. The van der Waals surface area contributed by atoms with E-state index >= 15 is 0 Å². The van der Waals surface area contributed by atoms with Gasteiger partial charge in [-0.05, 0) is 11.1 Å². The molecule has 4 heteroatoms. The van der Waals surface area contributed by atoms with Gasteiger partial charge in [-0.1, -0.05) is 60.7 Å². The van der Waals surface area contributed by atoms with Crippen LogP contribution >= 0.6 is 0 Å². The molecule has 4 nitrogen and oxygen atoms in total. The molecule has 0 saturated heterocycles. The Hall–Kier alpha value is -2.17. The van der Waals surface area contributed by atoms with Crippen LogP contribution in [0.15, 0.2) is 60.7 Å². The average Bonchev–Trinajstić information content (AvgIpc) is 2.53. The van der Waals surface area contributed by atoms with Crippen LogP contribution in [-0.2, 0) is 9.53 Å². The fourth-order valence-electron chi connectivity index (χ4n) is 2.23. The van der Waals surface area contributed by atoms with Gasteiger partial charge in [0.15, 0.2) is 0 Å². The number of carbonyl (C=O) groups is 1. The predicted octanol–water partition coefficient (Wildman–Crippen LogP) is 2.47. The molecule has 0 aliphatic carbocycles. The van der Waals surface area contributed by atoms with E-state index in [4.69, 9.17) is 4.74 Å². The van der Waals surface area contributed by atoms with Gasteiger partial charge in [0.05, 0.1) is 12.6 Å². The Kier molecular flexibility index (Phi) is 5.49. The molecular formula is C17H19NO3. The minimum Gasteiger partial charge on any atom is -0.480 e. The van der Waals surface area contributed by atoms with Crippen LogP contribution in [0.2, 0.25) is 0 Å². The van der Waals surface area contributed by atoms with E-state index in [-0.39, 0.29) is 12.6 Å². The normalized spacial score (nSPS) is 12.3. The highest BCUT2D eigenvalue weighted by Gasteiger charge is 2.23. The number of benzene rings is 2. The molecule has 0 fully saturated rings. The van der Waals surface area contributed by atoms with Crippen LogP contribution in [0.5, 0.6) is 0 Å². The van der Waals surface area contributed by atoms with Gasteiger partial charge in [-0.3, -0.25) is 10.1 Å². The van der Waals surface area contributed by atoms with Crippen molar-refractivity contribution in [1.82, 2.24) is 5.32 Å². The first-order valence-corrected chi connectivity index (χ1v) is 6.80. The number of ether oxygens (including phenoxy) is 1. The Bertz CT molecular complexity index is 517. The van der Waals surface area contributed by atoms with Gasteiger partial charge in [-0.2, -0.15) is 0 Å². The third kappa shape index (κ3) is 4.15. The summed E-state index contributed by atoms with van der Waals surface area (Å²) in [6.07, 6.45) is 0. The van der Waals surface area contributed by atoms with Crippen LogP contribution < -0.4 is 5.32 Å². The first-order chi connectivity index (χ1) is 10.2. The van der Waals surface area contributed by atoms with Crippen molar-refractivity contribution in [3.8, 4) is 0 Å². The number of carboxylic acids is 1. The number of nitrogens with one attached hydrogen (secondary N) is 1. The zero-order valence-corrected chi connectivity index (χ0v) is 11.9. The first-order valence-electron chi connectivity index (χ1n) is 6.80. The Morgan fingerprint density at radius 2 is 1.52 bits per heavy atom. The fourth-order valence-corrected chi connectivity index (χ4v) is 2.23. The molecule has 21 heavy (non-hydrogen) atoms. The smallest absolute Gasteiger partial charge is 0.323 e. The van der Waals surface area contributed by atoms with Crippen molar-refractivity contribution in [2.24, 2.45) is 0 Å². The molecule has 0 saturated carbocycles. The maximum atomic E-state index is 11.3. The molecule has 0 aliphatic heterocycles. The molecule has 0 spiro atoms. The van der Waals surface area contributed by atoms with E-state index in [2.05, 4.69) is 5.32 Å². The summed E-state index contributed by atoms with van der Waals surface area (Å²) < 4.78 is 4.99. The number of carboxylic acid groups (broad SMARTS) is 1. The number of hydrogen-bond acceptors (Lipinski definition) is 3. The van der Waals surface area contributed by atoms with Crippen LogP contribution in [-0.4, -0.2) is 30.8 Å². The molecule has 1 atom stereocenters. The summed E-state index contributed by atoms with van der Waals surface area (Å²) in [6.45, 7) is 0.117. The van der Waals surface area contributed by atoms with Crippen LogP contribution in [0.1, 0.15) is 17.2 Å². The van der Waals surface area contributed by atoms with Gasteiger partial charge in [0.2, 0.25) is 0 Å². The van der Waals surface area contributed by atoms with Crippen LogP contribution in [0.25, 0.3) is 0 Å². The third-order valence-electron chi connectivity index (χ3n) is 3.27. The van der Waals surface area contributed by atoms with E-state index in [1.54, 1.807) is 0 Å². The largest absolute Gasteiger partial charge is 0.480 e. The second-order valence-electron chi connectivity index (χ2n) is 4.77. The van der Waals surface area contributed by atoms with Crippen molar-refractivity contribution in [2.75, 3.05) is 13.7 Å². The molecule has 0 amide bonds. The van der Waals surface area contributed by atoms with Gasteiger partial charge in [0.1, 0.15) is 6.04 Å². The standard InChI is InChI=1S/C17H19NO3/c1-21-12-15(17(19)20)18-16(13-8-4-2-5-9-13)14-10-6-3-7-11-14/h2-11,15-16,18H,12H2,1H3,(H,19,20). The average molecular weight is 285 g/mol. The zero-order valence-electron chi connectivity index (χ0n) is 11.9. The van der Waals surface area contributed by atoms with E-state index in [9.17, 15) is 9.90 Å². The van der Waals surface area contributed by atoms with E-state index in [0.717, 1.165) is 11.1 Å². The Balaban J connectivity index is 2.30. The quantitative estimate of drug-likeness (QED) is 0.820. The van der Waals surface area contributed by atoms with E-state index in [1.807, 2.05) is 60.7 Å². The van der Waals surface area contributed by atoms with Crippen molar-refractivity contribution in [3.05, 3.63) is 71.8 Å². The van der Waals surface area contributed by atoms with Gasteiger partial charge in [-0.15, -0.1) is 0 Å². The van der Waals surface area contributed by atoms with E-state index in [1.165, 1.54) is 7.11 Å². The van der Waals surface area contributed by atoms with Gasteiger partial charge in [-0.25, -0.2) is 0 Å². The van der Waals surface area contributed by atoms with Crippen molar-refractivity contribution in [2.45, 2.75) is 12.1 Å². The number of methoxy groups -OCH3 is 1. The minimum atomic E-state index is -0.922. The minimum absolute atomic E-state index is 0.117. The second kappa shape index (κ2) is 7.57. The lowest BCUT2D eigenvalue weighted by Crippen LogP contribution is -2.42. The highest BCUT2D eigenvalue weighted by molar-refractivity contribution is 5.73. The van der Waals surface area contributed by atoms with Crippen molar-refractivity contribution < 1.29 is 14.6 Å². The summed E-state index contributed by atoms with van der Waals surface area (Å²) in [4.78, 5) is 11.3. The van der Waals surface area contributed by atoms with Gasteiger partial charge < -0.3 is 9.84 Å². The van der Waals surface area contributed by atoms with Crippen LogP contribution in [0, 0.1) is 0 Å². The molecule has 2 aromatic rings. The summed E-state index contributed by atoms with van der Waals surface area (Å²) in [5.41, 5.74) is 2.04. The monoisotopic (exact) mass is 285 g/mol. The second-order valence-corrected chi connectivity index (χ2v) is 4.77. The molecular weight excluding hydrogens is 266 g/mol. The summed E-state index contributed by atoms with van der Waals surface area (Å²) in [5.74, 6) is -0.922. The van der Waals surface area contributed by atoms with Crippen LogP contribution in [0.4, 0.5) is 0 Å². The zero-order chi connectivity index (χ0) is 15.1. The topological polar surface area (TPSA) is 58.6 Å². The maximum Gasteiger partial charge on any atom is 0.323 e. The summed E-state index contributed by atoms with van der Waals surface area (Å²) in [7, 11) is 1.50. The highest BCUT2D eigenvalue weighted by atomic mass is 16.5. The number of rotatable bonds is 7. The van der Waals surface area contributed by atoms with Crippen molar-refractivity contribution in [1.29, 1.82) is 0 Å². The summed E-state index contributed by atoms with van der Waals surface area (Å²) in [5, 5.41) is 12.5. The first kappa shape index (κ1) is 15.2. The van der Waals surface area contributed by atoms with Gasteiger partial charge >= 0.3 is 5.97 Å². The molecule has 2 N–H and O–H groups in total. The Morgan fingerprint density at radius 3 is 1.90 bits per heavy atom. The lowest BCUT2D eigenvalue weighted by atomic mass is 9.98. The third-order valence-corrected chi connectivity index (χ3v) is 3.27. The molecule has 0 aromatic heterocycles. The predicted molar refractivity (Wildman–Crippen MR) is 81.2 cm³/mol. The summed E-state index contributed by atoms with van der Waals surface area (Å²) in [6, 6.07) is 18.6. The molecule has 0 bridgehead atoms. The maximum absolute atomic E-state index is 11.3. The molecule has 1 unspecified atom stereocenters. The fraction of sp³-hybridized carbons (Fsp3) is 0.235. The molecule has 2 aromatic carbocycles. The molecule has 0 radical (unpaired) electrons. The lowest BCUT2D eigenvalue weighted by molar-refractivity contribution is -0.141. The van der Waals surface area contributed by atoms with E-state index in [0.29, 0.717) is 0 Å². The number of hydrogen-bond donors (Lipinski definition) is 2. The molecule has 0 heterocycles. The SMILES string of the molecule is COCC(NC(c1ccccc1)c1ccccc1)C(=O)O. The van der Waals surface area contributed by atoms with Crippen molar-refractivity contribution >= 4 is 5.97 Å². The highest BCUT2D eigenvalue weighted by Crippen LogP contribution is 2.22. The van der Waals surface area contributed by atoms with Gasteiger partial charge in [0, 0.05) is 7.11 Å². The van der Waals surface area contributed by atoms with Crippen molar-refractivity contribution in [3.63, 3.8) is 0 Å². The van der Waals surface area contributed by atoms with Crippen LogP contribution in [0.3, 0.4) is 0 Å². The number of aliphatic carboxylic acids is 1. The molecule has 0 aliphatic rings. The van der Waals surface area contributed by atoms with Gasteiger partial charge in [0.25, 0.3) is 0 Å².